The fourth-order valence-corrected chi connectivity index (χ4v) is 5.64. The van der Waals surface area contributed by atoms with Crippen LogP contribution in [0.5, 0.6) is 0 Å². The number of fused-ring (bicyclic) bond motifs is 4. The number of anilines is 1. The molecule has 1 unspecified atom stereocenters. The van der Waals surface area contributed by atoms with Gasteiger partial charge in [-0.3, -0.25) is 9.59 Å². The molecule has 3 heterocycles. The number of aromatic carboxylic acids is 1. The number of carboxylic acids is 1. The van der Waals surface area contributed by atoms with Gasteiger partial charge in [0.25, 0.3) is 0 Å². The van der Waals surface area contributed by atoms with E-state index in [-0.39, 0.29) is 29.7 Å². The molecule has 1 aliphatic carbocycles. The molecule has 0 bridgehead atoms. The molecule has 3 aliphatic rings. The molecular weight excluding hydrogens is 418 g/mol. The summed E-state index contributed by atoms with van der Waals surface area (Å²) in [5, 5.41) is 10.2. The van der Waals surface area contributed by atoms with Gasteiger partial charge in [-0.05, 0) is 60.7 Å². The van der Waals surface area contributed by atoms with Crippen molar-refractivity contribution < 1.29 is 19.5 Å². The van der Waals surface area contributed by atoms with E-state index in [1.807, 2.05) is 11.0 Å². The van der Waals surface area contributed by atoms with Crippen molar-refractivity contribution in [3.05, 3.63) is 64.3 Å². The van der Waals surface area contributed by atoms with Gasteiger partial charge in [-0.1, -0.05) is 6.07 Å². The van der Waals surface area contributed by atoms with Gasteiger partial charge in [-0.15, -0.1) is 0 Å². The highest BCUT2D eigenvalue weighted by atomic mass is 16.4. The number of H-pyrrole nitrogens is 1. The maximum atomic E-state index is 13.4. The van der Waals surface area contributed by atoms with Crippen LogP contribution in [0.4, 0.5) is 5.69 Å². The number of amides is 2. The molecule has 7 heteroatoms. The summed E-state index contributed by atoms with van der Waals surface area (Å²) in [5.41, 5.74) is 6.74. The number of aryl methyl sites for hydroxylation is 2. The molecule has 1 saturated heterocycles. The summed E-state index contributed by atoms with van der Waals surface area (Å²) in [4.78, 5) is 44.6. The topological polar surface area (TPSA) is 93.7 Å². The molecule has 6 rings (SSSR count). The van der Waals surface area contributed by atoms with Gasteiger partial charge in [0.05, 0.1) is 11.5 Å². The van der Waals surface area contributed by atoms with Gasteiger partial charge in [0.2, 0.25) is 11.8 Å². The zero-order valence-electron chi connectivity index (χ0n) is 18.3. The normalized spacial score (nSPS) is 19.8. The van der Waals surface area contributed by atoms with Crippen molar-refractivity contribution in [3.8, 4) is 0 Å². The molecule has 3 aromatic rings. The molecular formula is C26H25N3O4. The van der Waals surface area contributed by atoms with E-state index in [1.165, 1.54) is 11.1 Å². The van der Waals surface area contributed by atoms with Crippen LogP contribution in [-0.2, 0) is 35.4 Å². The van der Waals surface area contributed by atoms with E-state index < -0.39 is 5.97 Å². The number of rotatable bonds is 3. The molecule has 2 aliphatic heterocycles. The number of hydrogen-bond donors (Lipinski definition) is 2. The minimum atomic E-state index is -0.966. The van der Waals surface area contributed by atoms with E-state index in [0.29, 0.717) is 26.1 Å². The fourth-order valence-electron chi connectivity index (χ4n) is 5.64. The molecule has 1 aromatic heterocycles. The molecule has 2 N–H and O–H groups in total. The number of aromatic nitrogens is 1. The Balaban J connectivity index is 1.22. The number of aromatic amines is 1. The number of nitrogens with zero attached hydrogens (tertiary/aromatic N) is 2. The largest absolute Gasteiger partial charge is 0.478 e. The first kappa shape index (κ1) is 20.0. The van der Waals surface area contributed by atoms with Crippen molar-refractivity contribution in [1.29, 1.82) is 0 Å². The van der Waals surface area contributed by atoms with Gasteiger partial charge in [0, 0.05) is 60.3 Å². The minimum Gasteiger partial charge on any atom is -0.478 e. The second-order valence-corrected chi connectivity index (χ2v) is 9.37. The monoisotopic (exact) mass is 443 g/mol. The first-order chi connectivity index (χ1) is 16.0. The highest BCUT2D eigenvalue weighted by Crippen LogP contribution is 2.33. The van der Waals surface area contributed by atoms with Gasteiger partial charge in [0.15, 0.2) is 0 Å². The van der Waals surface area contributed by atoms with Crippen molar-refractivity contribution in [3.63, 3.8) is 0 Å². The standard InChI is InChI=1S/C26H25N3O4/c30-24-12-18(13-29(24)19-6-4-15-2-1-3-16(15)10-19)25(31)28-9-8-23-21(14-28)20-11-17(26(32)33)5-7-22(20)27-23/h4-7,10-11,18,27H,1-3,8-9,12-14H2,(H,32,33). The summed E-state index contributed by atoms with van der Waals surface area (Å²) in [7, 11) is 0. The van der Waals surface area contributed by atoms with Crippen molar-refractivity contribution in [1.82, 2.24) is 9.88 Å². The average molecular weight is 444 g/mol. The van der Waals surface area contributed by atoms with Gasteiger partial charge >= 0.3 is 5.97 Å². The highest BCUT2D eigenvalue weighted by Gasteiger charge is 2.38. The highest BCUT2D eigenvalue weighted by molar-refractivity contribution is 6.01. The van der Waals surface area contributed by atoms with Gasteiger partial charge in [-0.25, -0.2) is 4.79 Å². The molecule has 1 fully saturated rings. The number of carboxylic acid groups (broad SMARTS) is 1. The molecule has 2 amide bonds. The molecule has 0 saturated carbocycles. The maximum absolute atomic E-state index is 13.4. The van der Waals surface area contributed by atoms with Gasteiger partial charge in [-0.2, -0.15) is 0 Å². The Morgan fingerprint density at radius 3 is 2.73 bits per heavy atom. The van der Waals surface area contributed by atoms with E-state index >= 15 is 0 Å². The van der Waals surface area contributed by atoms with Crippen LogP contribution in [0.2, 0.25) is 0 Å². The van der Waals surface area contributed by atoms with E-state index in [4.69, 9.17) is 0 Å². The molecule has 33 heavy (non-hydrogen) atoms. The number of benzene rings is 2. The fraction of sp³-hybridized carbons (Fsp3) is 0.346. The van der Waals surface area contributed by atoms with Gasteiger partial charge < -0.3 is 19.9 Å². The molecule has 0 radical (unpaired) electrons. The summed E-state index contributed by atoms with van der Waals surface area (Å²) in [6, 6.07) is 11.3. The predicted octanol–water partition coefficient (Wildman–Crippen LogP) is 3.29. The van der Waals surface area contributed by atoms with E-state index in [0.717, 1.165) is 47.1 Å². The summed E-state index contributed by atoms with van der Waals surface area (Å²) in [6.45, 7) is 1.44. The molecule has 2 aromatic carbocycles. The number of carbonyl (C=O) groups is 3. The second kappa shape index (κ2) is 7.47. The van der Waals surface area contributed by atoms with Crippen molar-refractivity contribution >= 4 is 34.4 Å². The number of hydrogen-bond acceptors (Lipinski definition) is 3. The van der Waals surface area contributed by atoms with E-state index in [2.05, 4.69) is 17.1 Å². The summed E-state index contributed by atoms with van der Waals surface area (Å²) in [6.07, 6.45) is 4.23. The van der Waals surface area contributed by atoms with E-state index in [1.54, 1.807) is 23.1 Å². The first-order valence-electron chi connectivity index (χ1n) is 11.6. The summed E-state index contributed by atoms with van der Waals surface area (Å²) in [5.74, 6) is -1.32. The third-order valence-electron chi connectivity index (χ3n) is 7.40. The Bertz CT molecular complexity index is 1320. The molecule has 7 nitrogen and oxygen atoms in total. The SMILES string of the molecule is O=C(O)c1ccc2[nH]c3c(c2c1)CN(C(=O)C1CC(=O)N(c2ccc4c(c2)CCC4)C1)CC3. The maximum Gasteiger partial charge on any atom is 0.335 e. The number of carbonyl (C=O) groups excluding carboxylic acids is 2. The average Bonchev–Trinajstić information content (AvgIpc) is 3.53. The van der Waals surface area contributed by atoms with Crippen molar-refractivity contribution in [2.75, 3.05) is 18.0 Å². The lowest BCUT2D eigenvalue weighted by atomic mass is 10.0. The van der Waals surface area contributed by atoms with Crippen molar-refractivity contribution in [2.24, 2.45) is 5.92 Å². The van der Waals surface area contributed by atoms with E-state index in [9.17, 15) is 19.5 Å². The Kier molecular flexibility index (Phi) is 4.54. The lowest BCUT2D eigenvalue weighted by Gasteiger charge is -2.29. The lowest BCUT2D eigenvalue weighted by Crippen LogP contribution is -2.40. The van der Waals surface area contributed by atoms with Crippen LogP contribution in [0, 0.1) is 5.92 Å². The van der Waals surface area contributed by atoms with Crippen LogP contribution in [0.25, 0.3) is 10.9 Å². The third kappa shape index (κ3) is 3.30. The molecule has 1 atom stereocenters. The van der Waals surface area contributed by atoms with Gasteiger partial charge in [0.1, 0.15) is 0 Å². The predicted molar refractivity (Wildman–Crippen MR) is 123 cm³/mol. The zero-order valence-corrected chi connectivity index (χ0v) is 18.3. The molecule has 0 spiro atoms. The molecule has 168 valence electrons. The Morgan fingerprint density at radius 2 is 1.88 bits per heavy atom. The Hall–Kier alpha value is -3.61. The smallest absolute Gasteiger partial charge is 0.335 e. The summed E-state index contributed by atoms with van der Waals surface area (Å²) >= 11 is 0. The zero-order chi connectivity index (χ0) is 22.7. The minimum absolute atomic E-state index is 0.00130. The Labute approximate surface area is 191 Å². The van der Waals surface area contributed by atoms with Crippen LogP contribution in [0.3, 0.4) is 0 Å². The van der Waals surface area contributed by atoms with Crippen LogP contribution in [0.1, 0.15) is 45.6 Å². The van der Waals surface area contributed by atoms with Crippen LogP contribution in [0.15, 0.2) is 36.4 Å². The summed E-state index contributed by atoms with van der Waals surface area (Å²) < 4.78 is 0. The van der Waals surface area contributed by atoms with Crippen LogP contribution in [-0.4, -0.2) is 45.9 Å². The third-order valence-corrected chi connectivity index (χ3v) is 7.40. The van der Waals surface area contributed by atoms with Crippen LogP contribution >= 0.6 is 0 Å². The Morgan fingerprint density at radius 1 is 1.03 bits per heavy atom. The first-order valence-corrected chi connectivity index (χ1v) is 11.6. The quantitative estimate of drug-likeness (QED) is 0.650. The van der Waals surface area contributed by atoms with Crippen molar-refractivity contribution in [2.45, 2.75) is 38.6 Å². The lowest BCUT2D eigenvalue weighted by molar-refractivity contribution is -0.136. The second-order valence-electron chi connectivity index (χ2n) is 9.37. The number of nitrogens with one attached hydrogen (secondary N) is 1. The van der Waals surface area contributed by atoms with Crippen LogP contribution < -0.4 is 4.90 Å².